The first-order valence-corrected chi connectivity index (χ1v) is 10.0. The van der Waals surface area contributed by atoms with Gasteiger partial charge in [-0.05, 0) is 29.8 Å². The summed E-state index contributed by atoms with van der Waals surface area (Å²) < 4.78 is 29.8. The van der Waals surface area contributed by atoms with Crippen LogP contribution in [0, 0.1) is 0 Å². The van der Waals surface area contributed by atoms with Crippen molar-refractivity contribution < 1.29 is 17.9 Å². The van der Waals surface area contributed by atoms with Crippen LogP contribution in [-0.2, 0) is 20.3 Å². The van der Waals surface area contributed by atoms with E-state index in [1.54, 1.807) is 19.2 Å². The molecule has 0 spiro atoms. The molecular formula is C19H24N2O4S. The van der Waals surface area contributed by atoms with Crippen LogP contribution < -0.4 is 10.6 Å². The molecule has 2 aromatic carbocycles. The van der Waals surface area contributed by atoms with Crippen LogP contribution in [0.2, 0.25) is 0 Å². The van der Waals surface area contributed by atoms with Gasteiger partial charge < -0.3 is 15.4 Å². The van der Waals surface area contributed by atoms with E-state index in [9.17, 15) is 13.2 Å². The lowest BCUT2D eigenvalue weighted by Crippen LogP contribution is -2.33. The highest BCUT2D eigenvalue weighted by molar-refractivity contribution is 7.90. The predicted molar refractivity (Wildman–Crippen MR) is 101 cm³/mol. The fourth-order valence-electron chi connectivity index (χ4n) is 2.36. The monoisotopic (exact) mass is 376 g/mol. The SMILES string of the molecule is COCCNCCNC(=O)c1ccc(S(=O)(=O)Cc2ccccc2)cc1. The van der Waals surface area contributed by atoms with Gasteiger partial charge in [0, 0.05) is 32.3 Å². The molecule has 0 aliphatic heterocycles. The van der Waals surface area contributed by atoms with Crippen molar-refractivity contribution in [2.45, 2.75) is 10.6 Å². The molecule has 0 saturated carbocycles. The number of nitrogens with one attached hydrogen (secondary N) is 2. The van der Waals surface area contributed by atoms with Crippen LogP contribution in [0.1, 0.15) is 15.9 Å². The Kier molecular flexibility index (Phi) is 7.77. The highest BCUT2D eigenvalue weighted by atomic mass is 32.2. The minimum atomic E-state index is -3.44. The second-order valence-corrected chi connectivity index (χ2v) is 7.76. The molecule has 0 saturated heterocycles. The molecular weight excluding hydrogens is 352 g/mol. The molecule has 26 heavy (non-hydrogen) atoms. The summed E-state index contributed by atoms with van der Waals surface area (Å²) >= 11 is 0. The van der Waals surface area contributed by atoms with Crippen molar-refractivity contribution in [1.82, 2.24) is 10.6 Å². The summed E-state index contributed by atoms with van der Waals surface area (Å²) in [6.07, 6.45) is 0. The molecule has 0 bridgehead atoms. The van der Waals surface area contributed by atoms with Gasteiger partial charge in [-0.2, -0.15) is 0 Å². The van der Waals surface area contributed by atoms with E-state index >= 15 is 0 Å². The van der Waals surface area contributed by atoms with Crippen LogP contribution in [0.15, 0.2) is 59.5 Å². The summed E-state index contributed by atoms with van der Waals surface area (Å²) in [6, 6.07) is 15.0. The Balaban J connectivity index is 1.89. The lowest BCUT2D eigenvalue weighted by molar-refractivity contribution is 0.0953. The zero-order valence-electron chi connectivity index (χ0n) is 14.8. The molecule has 0 heterocycles. The second kappa shape index (κ2) is 10.1. The third kappa shape index (κ3) is 6.25. The van der Waals surface area contributed by atoms with Crippen molar-refractivity contribution >= 4 is 15.7 Å². The molecule has 7 heteroatoms. The highest BCUT2D eigenvalue weighted by Crippen LogP contribution is 2.17. The van der Waals surface area contributed by atoms with Gasteiger partial charge in [0.05, 0.1) is 17.3 Å². The first kappa shape index (κ1) is 20.1. The van der Waals surface area contributed by atoms with Crippen molar-refractivity contribution in [3.8, 4) is 0 Å². The van der Waals surface area contributed by atoms with Crippen molar-refractivity contribution in [3.05, 3.63) is 65.7 Å². The zero-order valence-corrected chi connectivity index (χ0v) is 15.6. The number of hydrogen-bond acceptors (Lipinski definition) is 5. The number of benzene rings is 2. The molecule has 0 unspecified atom stereocenters. The summed E-state index contributed by atoms with van der Waals surface area (Å²) in [6.45, 7) is 2.46. The number of amides is 1. The molecule has 0 radical (unpaired) electrons. The maximum Gasteiger partial charge on any atom is 0.251 e. The minimum absolute atomic E-state index is 0.0630. The molecule has 140 valence electrons. The van der Waals surface area contributed by atoms with Gasteiger partial charge in [-0.25, -0.2) is 8.42 Å². The van der Waals surface area contributed by atoms with Crippen LogP contribution in [0.3, 0.4) is 0 Å². The number of ether oxygens (including phenoxy) is 1. The molecule has 0 atom stereocenters. The van der Waals surface area contributed by atoms with Crippen LogP contribution in [0.25, 0.3) is 0 Å². The third-order valence-corrected chi connectivity index (χ3v) is 5.45. The average Bonchev–Trinajstić information content (AvgIpc) is 2.65. The number of carbonyl (C=O) groups is 1. The van der Waals surface area contributed by atoms with E-state index in [0.29, 0.717) is 25.3 Å². The van der Waals surface area contributed by atoms with Gasteiger partial charge in [0.1, 0.15) is 0 Å². The molecule has 0 fully saturated rings. The van der Waals surface area contributed by atoms with Crippen LogP contribution in [0.4, 0.5) is 0 Å². The lowest BCUT2D eigenvalue weighted by Gasteiger charge is -2.08. The van der Waals surface area contributed by atoms with E-state index in [0.717, 1.165) is 12.1 Å². The second-order valence-electron chi connectivity index (χ2n) is 5.77. The molecule has 0 aliphatic carbocycles. The normalized spacial score (nSPS) is 11.3. The first-order chi connectivity index (χ1) is 12.5. The van der Waals surface area contributed by atoms with Crippen LogP contribution in [0.5, 0.6) is 0 Å². The number of rotatable bonds is 10. The Hall–Kier alpha value is -2.22. The largest absolute Gasteiger partial charge is 0.383 e. The summed E-state index contributed by atoms with van der Waals surface area (Å²) in [4.78, 5) is 12.3. The number of hydrogen-bond donors (Lipinski definition) is 2. The Morgan fingerprint density at radius 2 is 1.65 bits per heavy atom. The molecule has 2 rings (SSSR count). The van der Waals surface area contributed by atoms with Crippen molar-refractivity contribution in [3.63, 3.8) is 0 Å². The van der Waals surface area contributed by atoms with Crippen LogP contribution in [-0.4, -0.2) is 47.7 Å². The van der Waals surface area contributed by atoms with E-state index < -0.39 is 9.84 Å². The Labute approximate surface area is 154 Å². The topological polar surface area (TPSA) is 84.5 Å². The summed E-state index contributed by atoms with van der Waals surface area (Å²) in [5.74, 6) is -0.294. The highest BCUT2D eigenvalue weighted by Gasteiger charge is 2.16. The smallest absolute Gasteiger partial charge is 0.251 e. The number of carbonyl (C=O) groups excluding carboxylic acids is 1. The van der Waals surface area contributed by atoms with Crippen LogP contribution >= 0.6 is 0 Å². The fraction of sp³-hybridized carbons (Fsp3) is 0.316. The van der Waals surface area contributed by atoms with Crippen molar-refractivity contribution in [2.75, 3.05) is 33.4 Å². The summed E-state index contributed by atoms with van der Waals surface area (Å²) in [5.41, 5.74) is 1.16. The van der Waals surface area contributed by atoms with Gasteiger partial charge in [-0.15, -0.1) is 0 Å². The van der Waals surface area contributed by atoms with Gasteiger partial charge >= 0.3 is 0 Å². The predicted octanol–water partition coefficient (Wildman–Crippen LogP) is 1.63. The zero-order chi connectivity index (χ0) is 18.8. The van der Waals surface area contributed by atoms with E-state index in [-0.39, 0.29) is 16.6 Å². The number of methoxy groups -OCH3 is 1. The minimum Gasteiger partial charge on any atom is -0.383 e. The van der Waals surface area contributed by atoms with Gasteiger partial charge in [0.2, 0.25) is 0 Å². The first-order valence-electron chi connectivity index (χ1n) is 8.37. The Bertz CT molecular complexity index is 790. The third-order valence-electron chi connectivity index (χ3n) is 3.75. The Morgan fingerprint density at radius 1 is 0.962 bits per heavy atom. The summed E-state index contributed by atoms with van der Waals surface area (Å²) in [7, 11) is -1.81. The maximum absolute atomic E-state index is 12.5. The van der Waals surface area contributed by atoms with Crippen molar-refractivity contribution in [1.29, 1.82) is 0 Å². The quantitative estimate of drug-likeness (QED) is 0.616. The Morgan fingerprint density at radius 3 is 2.31 bits per heavy atom. The standard InChI is InChI=1S/C19H24N2O4S/c1-25-14-13-20-11-12-21-19(22)17-7-9-18(10-8-17)26(23,24)15-16-5-3-2-4-6-16/h2-10,20H,11-15H2,1H3,(H,21,22). The van der Waals surface area contributed by atoms with Gasteiger partial charge in [-0.1, -0.05) is 30.3 Å². The van der Waals surface area contributed by atoms with E-state index in [1.807, 2.05) is 18.2 Å². The lowest BCUT2D eigenvalue weighted by atomic mass is 10.2. The van der Waals surface area contributed by atoms with Gasteiger partial charge in [-0.3, -0.25) is 4.79 Å². The molecule has 0 aliphatic rings. The van der Waals surface area contributed by atoms with E-state index in [1.165, 1.54) is 24.3 Å². The molecule has 2 aromatic rings. The summed E-state index contributed by atoms with van der Waals surface area (Å²) in [5, 5.41) is 5.91. The molecule has 0 aromatic heterocycles. The molecule has 2 N–H and O–H groups in total. The average molecular weight is 376 g/mol. The van der Waals surface area contributed by atoms with Gasteiger partial charge in [0.15, 0.2) is 9.84 Å². The number of sulfone groups is 1. The van der Waals surface area contributed by atoms with Crippen molar-refractivity contribution in [2.24, 2.45) is 0 Å². The van der Waals surface area contributed by atoms with Gasteiger partial charge in [0.25, 0.3) is 5.91 Å². The fourth-order valence-corrected chi connectivity index (χ4v) is 3.71. The van der Waals surface area contributed by atoms with E-state index in [4.69, 9.17) is 4.74 Å². The maximum atomic E-state index is 12.5. The molecule has 6 nitrogen and oxygen atoms in total. The molecule has 1 amide bonds. The van der Waals surface area contributed by atoms with E-state index in [2.05, 4.69) is 10.6 Å².